The predicted octanol–water partition coefficient (Wildman–Crippen LogP) is 1.61. The van der Waals surface area contributed by atoms with Gasteiger partial charge in [-0.1, -0.05) is 0 Å². The summed E-state index contributed by atoms with van der Waals surface area (Å²) >= 11 is 0. The third-order valence-corrected chi connectivity index (χ3v) is 5.22. The maximum Gasteiger partial charge on any atom is 0.417 e. The molecule has 3 aromatic rings. The van der Waals surface area contributed by atoms with Crippen molar-refractivity contribution in [3.05, 3.63) is 46.9 Å². The molecule has 1 aromatic heterocycles. The first-order chi connectivity index (χ1) is 14.2. The number of hydrogen-bond donors (Lipinski definition) is 2. The van der Waals surface area contributed by atoms with Crippen molar-refractivity contribution in [1.82, 2.24) is 9.88 Å². The molecule has 2 aromatic carbocycles. The van der Waals surface area contributed by atoms with Crippen molar-refractivity contribution in [3.63, 3.8) is 0 Å². The van der Waals surface area contributed by atoms with E-state index in [0.29, 0.717) is 24.2 Å². The van der Waals surface area contributed by atoms with Gasteiger partial charge in [-0.25, -0.2) is 4.79 Å². The minimum atomic E-state index is -0.492. The van der Waals surface area contributed by atoms with Gasteiger partial charge in [-0.15, -0.1) is 0 Å². The molecule has 9 heteroatoms. The van der Waals surface area contributed by atoms with Crippen LogP contribution in [0.4, 0.5) is 11.4 Å². The third-order valence-electron chi connectivity index (χ3n) is 5.22. The summed E-state index contributed by atoms with van der Waals surface area (Å²) < 4.78 is 15.8. The van der Waals surface area contributed by atoms with Crippen molar-refractivity contribution in [2.45, 2.75) is 0 Å². The van der Waals surface area contributed by atoms with E-state index in [9.17, 15) is 9.59 Å². The Morgan fingerprint density at radius 2 is 1.86 bits per heavy atom. The Kier molecular flexibility index (Phi) is 4.27. The second kappa shape index (κ2) is 7.08. The number of nitrogens with one attached hydrogen (secondary N) is 2. The fourth-order valence-corrected chi connectivity index (χ4v) is 3.64. The number of piperazine rings is 1. The van der Waals surface area contributed by atoms with Crippen LogP contribution in [0, 0.1) is 0 Å². The highest BCUT2D eigenvalue weighted by atomic mass is 16.7. The molecule has 5 rings (SSSR count). The molecule has 0 saturated carbocycles. The topological polar surface area (TPSA) is 100 Å². The van der Waals surface area contributed by atoms with Crippen LogP contribution >= 0.6 is 0 Å². The lowest BCUT2D eigenvalue weighted by atomic mass is 10.2. The Hall–Kier alpha value is -3.62. The number of aromatic nitrogens is 1. The summed E-state index contributed by atoms with van der Waals surface area (Å²) in [4.78, 5) is 30.5. The van der Waals surface area contributed by atoms with Gasteiger partial charge in [0.05, 0.1) is 12.1 Å². The first-order valence-electron chi connectivity index (χ1n) is 9.45. The third kappa shape index (κ3) is 3.46. The molecule has 0 bridgehead atoms. The van der Waals surface area contributed by atoms with Gasteiger partial charge in [0.15, 0.2) is 17.1 Å². The molecule has 0 atom stereocenters. The Balaban J connectivity index is 1.16. The van der Waals surface area contributed by atoms with E-state index in [1.54, 1.807) is 18.2 Å². The maximum atomic E-state index is 12.6. The van der Waals surface area contributed by atoms with E-state index in [0.717, 1.165) is 36.0 Å². The standard InChI is InChI=1S/C20H20N4O5/c25-19(11-21-13-1-3-15-17(9-13)29-20(26)22-15)24-7-5-23(6-8-24)14-2-4-16-18(10-14)28-12-27-16/h1-4,9-10,21H,5-8,11-12H2,(H,22,26). The zero-order valence-electron chi connectivity index (χ0n) is 15.6. The highest BCUT2D eigenvalue weighted by Crippen LogP contribution is 2.35. The maximum absolute atomic E-state index is 12.6. The molecule has 150 valence electrons. The number of anilines is 2. The van der Waals surface area contributed by atoms with Crippen LogP contribution in [0.15, 0.2) is 45.6 Å². The van der Waals surface area contributed by atoms with Gasteiger partial charge in [0.25, 0.3) is 0 Å². The molecular weight excluding hydrogens is 376 g/mol. The van der Waals surface area contributed by atoms with Gasteiger partial charge in [-0.2, -0.15) is 0 Å². The number of carbonyl (C=O) groups is 1. The van der Waals surface area contributed by atoms with Crippen LogP contribution in [-0.2, 0) is 4.79 Å². The Bertz CT molecular complexity index is 1110. The van der Waals surface area contributed by atoms with E-state index in [1.165, 1.54) is 0 Å². The first kappa shape index (κ1) is 17.5. The highest BCUT2D eigenvalue weighted by molar-refractivity contribution is 5.83. The minimum absolute atomic E-state index is 0.0333. The lowest BCUT2D eigenvalue weighted by Gasteiger charge is -2.36. The van der Waals surface area contributed by atoms with Crippen molar-refractivity contribution in [2.24, 2.45) is 0 Å². The molecule has 2 aliphatic rings. The summed E-state index contributed by atoms with van der Waals surface area (Å²) in [7, 11) is 0. The number of amides is 1. The molecule has 1 fully saturated rings. The number of H-pyrrole nitrogens is 1. The lowest BCUT2D eigenvalue weighted by Crippen LogP contribution is -2.50. The van der Waals surface area contributed by atoms with Gasteiger partial charge in [0, 0.05) is 49.7 Å². The average Bonchev–Trinajstić information content (AvgIpc) is 3.36. The number of benzene rings is 2. The number of aromatic amines is 1. The van der Waals surface area contributed by atoms with Crippen LogP contribution in [0.25, 0.3) is 11.1 Å². The van der Waals surface area contributed by atoms with E-state index in [-0.39, 0.29) is 19.2 Å². The fraction of sp³-hybridized carbons (Fsp3) is 0.300. The molecule has 2 aliphatic heterocycles. The minimum Gasteiger partial charge on any atom is -0.454 e. The first-order valence-corrected chi connectivity index (χ1v) is 9.45. The van der Waals surface area contributed by atoms with Gasteiger partial charge in [-0.05, 0) is 24.3 Å². The second-order valence-electron chi connectivity index (χ2n) is 6.98. The average molecular weight is 396 g/mol. The summed E-state index contributed by atoms with van der Waals surface area (Å²) in [5.74, 6) is 1.07. The second-order valence-corrected chi connectivity index (χ2v) is 6.98. The van der Waals surface area contributed by atoms with E-state index in [1.807, 2.05) is 23.1 Å². The number of oxazole rings is 1. The van der Waals surface area contributed by atoms with E-state index >= 15 is 0 Å². The lowest BCUT2D eigenvalue weighted by molar-refractivity contribution is -0.129. The van der Waals surface area contributed by atoms with Crippen LogP contribution in [0.1, 0.15) is 0 Å². The Morgan fingerprint density at radius 3 is 2.72 bits per heavy atom. The number of fused-ring (bicyclic) bond motifs is 2. The summed E-state index contributed by atoms with van der Waals surface area (Å²) in [5, 5.41) is 3.10. The molecule has 1 amide bonds. The van der Waals surface area contributed by atoms with Crippen LogP contribution < -0.4 is 25.4 Å². The largest absolute Gasteiger partial charge is 0.454 e. The Labute approximate surface area is 165 Å². The van der Waals surface area contributed by atoms with Gasteiger partial charge >= 0.3 is 5.76 Å². The fourth-order valence-electron chi connectivity index (χ4n) is 3.64. The van der Waals surface area contributed by atoms with Crippen molar-refractivity contribution in [2.75, 3.05) is 49.7 Å². The Morgan fingerprint density at radius 1 is 1.03 bits per heavy atom. The van der Waals surface area contributed by atoms with Crippen LogP contribution in [0.2, 0.25) is 0 Å². The van der Waals surface area contributed by atoms with Gasteiger partial charge in [-0.3, -0.25) is 9.78 Å². The number of carbonyl (C=O) groups excluding carboxylic acids is 1. The van der Waals surface area contributed by atoms with Crippen LogP contribution in [-0.4, -0.2) is 55.3 Å². The number of rotatable bonds is 4. The highest BCUT2D eigenvalue weighted by Gasteiger charge is 2.23. The molecule has 0 unspecified atom stereocenters. The number of hydrogen-bond acceptors (Lipinski definition) is 7. The molecule has 3 heterocycles. The van der Waals surface area contributed by atoms with E-state index in [4.69, 9.17) is 13.9 Å². The molecular formula is C20H20N4O5. The van der Waals surface area contributed by atoms with Crippen molar-refractivity contribution in [1.29, 1.82) is 0 Å². The monoisotopic (exact) mass is 396 g/mol. The van der Waals surface area contributed by atoms with E-state index < -0.39 is 5.76 Å². The molecule has 2 N–H and O–H groups in total. The van der Waals surface area contributed by atoms with Gasteiger partial charge < -0.3 is 29.0 Å². The van der Waals surface area contributed by atoms with Crippen LogP contribution in [0.5, 0.6) is 11.5 Å². The molecule has 1 saturated heterocycles. The molecule has 0 aliphatic carbocycles. The molecule has 9 nitrogen and oxygen atoms in total. The van der Waals surface area contributed by atoms with Gasteiger partial charge in [0.2, 0.25) is 12.7 Å². The molecule has 29 heavy (non-hydrogen) atoms. The van der Waals surface area contributed by atoms with Crippen molar-refractivity contribution >= 4 is 28.4 Å². The van der Waals surface area contributed by atoms with Crippen molar-refractivity contribution < 1.29 is 18.7 Å². The van der Waals surface area contributed by atoms with Crippen molar-refractivity contribution in [3.8, 4) is 11.5 Å². The number of ether oxygens (including phenoxy) is 2. The zero-order valence-corrected chi connectivity index (χ0v) is 15.6. The summed E-state index contributed by atoms with van der Waals surface area (Å²) in [6.07, 6.45) is 0. The summed E-state index contributed by atoms with van der Waals surface area (Å²) in [6.45, 7) is 3.26. The predicted molar refractivity (Wildman–Crippen MR) is 107 cm³/mol. The normalized spacial score (nSPS) is 15.7. The zero-order chi connectivity index (χ0) is 19.8. The van der Waals surface area contributed by atoms with E-state index in [2.05, 4.69) is 15.2 Å². The summed E-state index contributed by atoms with van der Waals surface area (Å²) in [6, 6.07) is 11.2. The quantitative estimate of drug-likeness (QED) is 0.691. The van der Waals surface area contributed by atoms with Crippen LogP contribution in [0.3, 0.4) is 0 Å². The molecule has 0 radical (unpaired) electrons. The molecule has 0 spiro atoms. The van der Waals surface area contributed by atoms with Gasteiger partial charge in [0.1, 0.15) is 0 Å². The number of nitrogens with zero attached hydrogens (tertiary/aromatic N) is 2. The smallest absolute Gasteiger partial charge is 0.417 e. The SMILES string of the molecule is O=C(CNc1ccc2[nH]c(=O)oc2c1)N1CCN(c2ccc3c(c2)OCO3)CC1. The summed E-state index contributed by atoms with van der Waals surface area (Å²) in [5.41, 5.74) is 2.89.